The van der Waals surface area contributed by atoms with Gasteiger partial charge < -0.3 is 14.8 Å². The van der Waals surface area contributed by atoms with Crippen LogP contribution in [-0.4, -0.2) is 17.0 Å². The number of rotatable bonds is 8. The number of nitrogens with one attached hydrogen (secondary N) is 1. The lowest BCUT2D eigenvalue weighted by atomic mass is 10.1. The van der Waals surface area contributed by atoms with Crippen LogP contribution < -0.4 is 14.8 Å². The second-order valence-corrected chi connectivity index (χ2v) is 7.66. The fourth-order valence-electron chi connectivity index (χ4n) is 2.91. The van der Waals surface area contributed by atoms with Gasteiger partial charge >= 0.3 is 11.9 Å². The Balaban J connectivity index is 1.85. The first-order valence-electron chi connectivity index (χ1n) is 9.38. The normalized spacial score (nSPS) is 11.1. The predicted molar refractivity (Wildman–Crippen MR) is 119 cm³/mol. The summed E-state index contributed by atoms with van der Waals surface area (Å²) < 4.78 is 50.0. The molecule has 0 heterocycles. The molecule has 3 rings (SSSR count). The van der Waals surface area contributed by atoms with Crippen LogP contribution in [0.1, 0.15) is 11.1 Å². The number of alkyl halides is 3. The topological polar surface area (TPSA) is 117 Å². The molecule has 0 aromatic heterocycles. The Morgan fingerprint density at radius 3 is 2.21 bits per heavy atom. The van der Waals surface area contributed by atoms with Gasteiger partial charge in [0.1, 0.15) is 0 Å². The smallest absolute Gasteiger partial charge is 0.416 e. The van der Waals surface area contributed by atoms with Crippen molar-refractivity contribution < 1.29 is 32.5 Å². The Kier molecular flexibility index (Phi) is 7.25. The standard InChI is InChI=1S/C21H15BrF3N3O6/c1-33-19-9-12(11-26-14-3-5-15(6-4-14)27(29)30)8-16(22)20(19)34-18-7-2-13(21(23,24)25)10-17(18)28(31)32/h2-10,26H,11H2,1H3. The van der Waals surface area contributed by atoms with Crippen molar-refractivity contribution >= 4 is 33.0 Å². The van der Waals surface area contributed by atoms with E-state index < -0.39 is 33.0 Å². The quantitative estimate of drug-likeness (QED) is 0.249. The molecule has 0 spiro atoms. The molecule has 3 aromatic rings. The van der Waals surface area contributed by atoms with Crippen LogP contribution in [0.2, 0.25) is 0 Å². The zero-order valence-electron chi connectivity index (χ0n) is 17.3. The number of halogens is 4. The molecular weight excluding hydrogens is 527 g/mol. The summed E-state index contributed by atoms with van der Waals surface area (Å²) in [5.41, 5.74) is -0.760. The number of benzene rings is 3. The minimum absolute atomic E-state index is 0.0319. The van der Waals surface area contributed by atoms with Gasteiger partial charge in [0.15, 0.2) is 11.5 Å². The van der Waals surface area contributed by atoms with E-state index in [4.69, 9.17) is 9.47 Å². The van der Waals surface area contributed by atoms with Gasteiger partial charge in [-0.2, -0.15) is 13.2 Å². The Bertz CT molecular complexity index is 1240. The molecule has 3 aromatic carbocycles. The van der Waals surface area contributed by atoms with Gasteiger partial charge in [0.05, 0.1) is 27.0 Å². The molecule has 0 radical (unpaired) electrons. The van der Waals surface area contributed by atoms with Crippen LogP contribution in [0, 0.1) is 20.2 Å². The van der Waals surface area contributed by atoms with Gasteiger partial charge in [-0.05, 0) is 57.9 Å². The molecule has 0 aliphatic rings. The van der Waals surface area contributed by atoms with E-state index in [-0.39, 0.29) is 23.7 Å². The fourth-order valence-corrected chi connectivity index (χ4v) is 3.48. The molecule has 0 saturated heterocycles. The van der Waals surface area contributed by atoms with Crippen LogP contribution in [0.3, 0.4) is 0 Å². The maximum absolute atomic E-state index is 12.9. The summed E-state index contributed by atoms with van der Waals surface area (Å²) in [5.74, 6) is -0.192. The van der Waals surface area contributed by atoms with E-state index in [1.165, 1.54) is 19.2 Å². The predicted octanol–water partition coefficient (Wildman–Crippen LogP) is 6.70. The summed E-state index contributed by atoms with van der Waals surface area (Å²) in [5, 5.41) is 25.2. The summed E-state index contributed by atoms with van der Waals surface area (Å²) in [6, 6.07) is 11.0. The molecule has 0 aliphatic heterocycles. The molecule has 0 unspecified atom stereocenters. The first-order chi connectivity index (χ1) is 16.0. The van der Waals surface area contributed by atoms with Crippen LogP contribution in [-0.2, 0) is 12.7 Å². The minimum atomic E-state index is -4.75. The van der Waals surface area contributed by atoms with Gasteiger partial charge in [-0.25, -0.2) is 0 Å². The van der Waals surface area contributed by atoms with Gasteiger partial charge in [0, 0.05) is 30.4 Å². The van der Waals surface area contributed by atoms with E-state index in [0.29, 0.717) is 27.9 Å². The highest BCUT2D eigenvalue weighted by molar-refractivity contribution is 9.10. The van der Waals surface area contributed by atoms with E-state index in [1.54, 1.807) is 24.3 Å². The summed E-state index contributed by atoms with van der Waals surface area (Å²) in [4.78, 5) is 20.6. The average Bonchev–Trinajstić information content (AvgIpc) is 2.78. The van der Waals surface area contributed by atoms with E-state index in [1.807, 2.05) is 0 Å². The lowest BCUT2D eigenvalue weighted by molar-refractivity contribution is -0.385. The van der Waals surface area contributed by atoms with Gasteiger partial charge in [-0.3, -0.25) is 20.2 Å². The highest BCUT2D eigenvalue weighted by Crippen LogP contribution is 2.43. The van der Waals surface area contributed by atoms with Crippen molar-refractivity contribution in [2.24, 2.45) is 0 Å². The van der Waals surface area contributed by atoms with Crippen LogP contribution in [0.5, 0.6) is 17.2 Å². The summed E-state index contributed by atoms with van der Waals surface area (Å²) >= 11 is 3.30. The van der Waals surface area contributed by atoms with Crippen LogP contribution in [0.4, 0.5) is 30.2 Å². The zero-order valence-corrected chi connectivity index (χ0v) is 18.8. The molecule has 9 nitrogen and oxygen atoms in total. The minimum Gasteiger partial charge on any atom is -0.493 e. The highest BCUT2D eigenvalue weighted by atomic mass is 79.9. The average molecular weight is 542 g/mol. The van der Waals surface area contributed by atoms with Crippen molar-refractivity contribution in [3.63, 3.8) is 0 Å². The second-order valence-electron chi connectivity index (χ2n) is 6.81. The van der Waals surface area contributed by atoms with Gasteiger partial charge in [0.25, 0.3) is 5.69 Å². The second kappa shape index (κ2) is 9.95. The van der Waals surface area contributed by atoms with E-state index >= 15 is 0 Å². The SMILES string of the molecule is COc1cc(CNc2ccc([N+](=O)[O-])cc2)cc(Br)c1Oc1ccc(C(F)(F)F)cc1[N+](=O)[O-]. The number of nitrogens with zero attached hydrogens (tertiary/aromatic N) is 2. The number of anilines is 1. The van der Waals surface area contributed by atoms with E-state index in [0.717, 1.165) is 6.07 Å². The number of non-ortho nitro benzene ring substituents is 1. The molecule has 0 fully saturated rings. The molecule has 0 saturated carbocycles. The van der Waals surface area contributed by atoms with Gasteiger partial charge in [-0.15, -0.1) is 0 Å². The third-order valence-electron chi connectivity index (χ3n) is 4.56. The summed E-state index contributed by atoms with van der Waals surface area (Å²) in [7, 11) is 1.34. The molecule has 34 heavy (non-hydrogen) atoms. The van der Waals surface area contributed by atoms with Crippen LogP contribution in [0.25, 0.3) is 0 Å². The maximum Gasteiger partial charge on any atom is 0.416 e. The van der Waals surface area contributed by atoms with Crippen molar-refractivity contribution in [3.05, 3.63) is 90.4 Å². The molecule has 0 atom stereocenters. The van der Waals surface area contributed by atoms with Gasteiger partial charge in [-0.1, -0.05) is 0 Å². The Labute approximate surface area is 198 Å². The molecule has 13 heteroatoms. The maximum atomic E-state index is 12.9. The third-order valence-corrected chi connectivity index (χ3v) is 5.15. The molecule has 178 valence electrons. The number of nitro benzene ring substituents is 2. The fraction of sp³-hybridized carbons (Fsp3) is 0.143. The first kappa shape index (κ1) is 24.8. The monoisotopic (exact) mass is 541 g/mol. The lowest BCUT2D eigenvalue weighted by Gasteiger charge is -2.15. The lowest BCUT2D eigenvalue weighted by Crippen LogP contribution is -2.06. The molecule has 1 N–H and O–H groups in total. The molecule has 0 aliphatic carbocycles. The first-order valence-corrected chi connectivity index (χ1v) is 10.2. The van der Waals surface area contributed by atoms with Gasteiger partial charge in [0.2, 0.25) is 5.75 Å². The number of nitro groups is 2. The van der Waals surface area contributed by atoms with E-state index in [2.05, 4.69) is 21.2 Å². The third kappa shape index (κ3) is 5.73. The van der Waals surface area contributed by atoms with E-state index in [9.17, 15) is 33.4 Å². The van der Waals surface area contributed by atoms with Crippen LogP contribution >= 0.6 is 15.9 Å². The van der Waals surface area contributed by atoms with Crippen molar-refractivity contribution in [1.82, 2.24) is 0 Å². The number of methoxy groups -OCH3 is 1. The van der Waals surface area contributed by atoms with Crippen molar-refractivity contribution in [2.45, 2.75) is 12.7 Å². The Hall–Kier alpha value is -3.87. The van der Waals surface area contributed by atoms with Crippen LogP contribution in [0.15, 0.2) is 59.1 Å². The Morgan fingerprint density at radius 1 is 0.971 bits per heavy atom. The number of hydrogen-bond donors (Lipinski definition) is 1. The molecule has 0 amide bonds. The largest absolute Gasteiger partial charge is 0.493 e. The van der Waals surface area contributed by atoms with Crippen molar-refractivity contribution in [2.75, 3.05) is 12.4 Å². The number of ether oxygens (including phenoxy) is 2. The van der Waals surface area contributed by atoms with Crippen molar-refractivity contribution in [3.8, 4) is 17.2 Å². The summed E-state index contributed by atoms with van der Waals surface area (Å²) in [6.07, 6.45) is -4.75. The molecular formula is C21H15BrF3N3O6. The zero-order chi connectivity index (χ0) is 25.0. The number of hydrogen-bond acceptors (Lipinski definition) is 7. The Morgan fingerprint density at radius 2 is 1.65 bits per heavy atom. The van der Waals surface area contributed by atoms with Crippen molar-refractivity contribution in [1.29, 1.82) is 0 Å². The summed E-state index contributed by atoms with van der Waals surface area (Å²) in [6.45, 7) is 0.285. The highest BCUT2D eigenvalue weighted by Gasteiger charge is 2.33. The molecule has 0 bridgehead atoms.